The Bertz CT molecular complexity index is 1710. The van der Waals surface area contributed by atoms with Crippen molar-refractivity contribution >= 4 is 27.3 Å². The minimum atomic E-state index is -3.49. The summed E-state index contributed by atoms with van der Waals surface area (Å²) < 4.78 is 35.6. The van der Waals surface area contributed by atoms with Gasteiger partial charge in [0.1, 0.15) is 11.8 Å². The first-order chi connectivity index (χ1) is 19.9. The Hall–Kier alpha value is -3.73. The van der Waals surface area contributed by atoms with Crippen LogP contribution in [0.3, 0.4) is 0 Å². The molecule has 1 saturated heterocycles. The number of pyridine rings is 1. The van der Waals surface area contributed by atoms with E-state index in [-0.39, 0.29) is 17.6 Å². The molecule has 1 aliphatic carbocycles. The number of halogens is 1. The van der Waals surface area contributed by atoms with E-state index in [4.69, 9.17) is 16.3 Å². The molecular formula is C30H30ClN5O4S. The molecule has 1 unspecified atom stereocenters. The predicted molar refractivity (Wildman–Crippen MR) is 158 cm³/mol. The Labute approximate surface area is 244 Å². The van der Waals surface area contributed by atoms with Crippen molar-refractivity contribution in [1.82, 2.24) is 19.1 Å². The first-order valence-electron chi connectivity index (χ1n) is 13.6. The van der Waals surface area contributed by atoms with Gasteiger partial charge in [-0.1, -0.05) is 54.1 Å². The predicted octanol–water partition coefficient (Wildman–Crippen LogP) is 4.39. The van der Waals surface area contributed by atoms with E-state index in [0.717, 1.165) is 36.1 Å². The van der Waals surface area contributed by atoms with Crippen LogP contribution in [0.2, 0.25) is 5.02 Å². The number of sulfonamides is 1. The van der Waals surface area contributed by atoms with Crippen LogP contribution in [0.5, 0.6) is 5.75 Å². The second-order valence-corrected chi connectivity index (χ2v) is 12.6. The van der Waals surface area contributed by atoms with E-state index in [1.807, 2.05) is 47.4 Å². The molecule has 0 radical (unpaired) electrons. The molecule has 212 valence electrons. The number of rotatable bonds is 7. The molecule has 1 aliphatic heterocycles. The summed E-state index contributed by atoms with van der Waals surface area (Å²) in [7, 11) is -3.49. The fraction of sp³-hybridized carbons (Fsp3) is 0.300. The Balaban J connectivity index is 1.30. The average molecular weight is 592 g/mol. The summed E-state index contributed by atoms with van der Waals surface area (Å²) in [6, 6.07) is 20.0. The number of hydrogen-bond acceptors (Lipinski definition) is 7. The van der Waals surface area contributed by atoms with Crippen molar-refractivity contribution in [1.29, 1.82) is 0 Å². The van der Waals surface area contributed by atoms with Crippen LogP contribution in [0.4, 0.5) is 5.69 Å². The molecule has 0 saturated carbocycles. The number of ether oxygens (including phenoxy) is 1. The van der Waals surface area contributed by atoms with E-state index in [1.54, 1.807) is 36.7 Å². The number of nitrogens with zero attached hydrogens (tertiary/aromatic N) is 5. The number of piperazine rings is 1. The van der Waals surface area contributed by atoms with Gasteiger partial charge < -0.3 is 9.64 Å². The average Bonchev–Trinajstić information content (AvgIpc) is 2.99. The van der Waals surface area contributed by atoms with Crippen LogP contribution >= 0.6 is 11.6 Å². The maximum atomic E-state index is 13.9. The van der Waals surface area contributed by atoms with Gasteiger partial charge in [-0.25, -0.2) is 8.42 Å². The highest BCUT2D eigenvalue weighted by atomic mass is 35.5. The number of fused-ring (bicyclic) bond motifs is 1. The number of benzene rings is 2. The first kappa shape index (κ1) is 27.4. The summed E-state index contributed by atoms with van der Waals surface area (Å²) >= 11 is 6.21. The highest BCUT2D eigenvalue weighted by Crippen LogP contribution is 2.35. The maximum absolute atomic E-state index is 13.9. The molecule has 9 nitrogen and oxygen atoms in total. The highest BCUT2D eigenvalue weighted by Gasteiger charge is 2.31. The second kappa shape index (κ2) is 11.6. The second-order valence-electron chi connectivity index (χ2n) is 10.2. The van der Waals surface area contributed by atoms with E-state index < -0.39 is 15.6 Å². The molecule has 3 heterocycles. The summed E-state index contributed by atoms with van der Waals surface area (Å²) in [4.78, 5) is 20.4. The quantitative estimate of drug-likeness (QED) is 0.314. The Morgan fingerprint density at radius 2 is 1.78 bits per heavy atom. The SMILES string of the molecule is O=c1c(OC2CCCc3ncccc32)c(N2CCN(S(=O)(=O)Cc3ccccc3)CC2)cnn1-c1cccc(Cl)c1. The van der Waals surface area contributed by atoms with Gasteiger partial charge in [0, 0.05) is 48.7 Å². The molecule has 6 rings (SSSR count). The fourth-order valence-corrected chi connectivity index (χ4v) is 7.17. The third kappa shape index (κ3) is 5.86. The van der Waals surface area contributed by atoms with Gasteiger partial charge in [-0.05, 0) is 49.1 Å². The lowest BCUT2D eigenvalue weighted by atomic mass is 9.93. The molecule has 0 spiro atoms. The van der Waals surface area contributed by atoms with Gasteiger partial charge in [0.25, 0.3) is 0 Å². The normalized spacial score (nSPS) is 17.7. The van der Waals surface area contributed by atoms with Crippen LogP contribution in [0.25, 0.3) is 5.69 Å². The smallest absolute Gasteiger partial charge is 0.316 e. The first-order valence-corrected chi connectivity index (χ1v) is 15.6. The van der Waals surface area contributed by atoms with E-state index in [2.05, 4.69) is 10.1 Å². The van der Waals surface area contributed by atoms with Gasteiger partial charge in [0.15, 0.2) is 0 Å². The summed E-state index contributed by atoms with van der Waals surface area (Å²) in [5.74, 6) is 0.136. The summed E-state index contributed by atoms with van der Waals surface area (Å²) in [5, 5.41) is 4.95. The standard InChI is InChI=1S/C30H30ClN5O4S/c31-23-9-4-10-24(19-23)36-30(37)29(40-28-13-5-12-26-25(28)11-6-14-32-26)27(20-33-36)34-15-17-35(18-16-34)41(38,39)21-22-7-2-1-3-8-22/h1-4,6-11,14,19-20,28H,5,12-13,15-18,21H2. The lowest BCUT2D eigenvalue weighted by Gasteiger charge is -2.36. The third-order valence-corrected chi connectivity index (χ3v) is 9.63. The van der Waals surface area contributed by atoms with Crippen LogP contribution in [0.15, 0.2) is 83.9 Å². The number of aromatic nitrogens is 3. The zero-order chi connectivity index (χ0) is 28.4. The Kier molecular flexibility index (Phi) is 7.79. The van der Waals surface area contributed by atoms with Crippen LogP contribution in [-0.2, 0) is 22.2 Å². The summed E-state index contributed by atoms with van der Waals surface area (Å²) in [6.45, 7) is 1.38. The highest BCUT2D eigenvalue weighted by molar-refractivity contribution is 7.88. The lowest BCUT2D eigenvalue weighted by Crippen LogP contribution is -2.49. The molecular weight excluding hydrogens is 562 g/mol. The van der Waals surface area contributed by atoms with Crippen LogP contribution < -0.4 is 15.2 Å². The zero-order valence-electron chi connectivity index (χ0n) is 22.4. The van der Waals surface area contributed by atoms with Crippen molar-refractivity contribution < 1.29 is 13.2 Å². The van der Waals surface area contributed by atoms with Gasteiger partial charge in [-0.3, -0.25) is 9.78 Å². The van der Waals surface area contributed by atoms with Crippen LogP contribution in [-0.4, -0.2) is 53.7 Å². The van der Waals surface area contributed by atoms with Crippen LogP contribution in [0, 0.1) is 0 Å². The molecule has 0 N–H and O–H groups in total. The topological polar surface area (TPSA) is 97.6 Å². The zero-order valence-corrected chi connectivity index (χ0v) is 24.0. The maximum Gasteiger partial charge on any atom is 0.316 e. The lowest BCUT2D eigenvalue weighted by molar-refractivity contribution is 0.178. The minimum Gasteiger partial charge on any atom is -0.478 e. The monoisotopic (exact) mass is 591 g/mol. The largest absolute Gasteiger partial charge is 0.478 e. The molecule has 2 aromatic carbocycles. The molecule has 1 atom stereocenters. The molecule has 4 aromatic rings. The van der Waals surface area contributed by atoms with Crippen molar-refractivity contribution in [2.75, 3.05) is 31.1 Å². The molecule has 41 heavy (non-hydrogen) atoms. The Morgan fingerprint density at radius 3 is 2.56 bits per heavy atom. The number of anilines is 1. The van der Waals surface area contributed by atoms with Crippen molar-refractivity contribution in [2.24, 2.45) is 0 Å². The van der Waals surface area contributed by atoms with Crippen molar-refractivity contribution in [3.8, 4) is 11.4 Å². The van der Waals surface area contributed by atoms with Crippen LogP contribution in [0.1, 0.15) is 35.8 Å². The van der Waals surface area contributed by atoms with E-state index >= 15 is 0 Å². The van der Waals surface area contributed by atoms with Crippen molar-refractivity contribution in [3.63, 3.8) is 0 Å². The van der Waals surface area contributed by atoms with E-state index in [0.29, 0.717) is 42.6 Å². The molecule has 11 heteroatoms. The third-order valence-electron chi connectivity index (χ3n) is 7.54. The number of hydrogen-bond donors (Lipinski definition) is 0. The summed E-state index contributed by atoms with van der Waals surface area (Å²) in [6.07, 6.45) is 5.58. The van der Waals surface area contributed by atoms with E-state index in [9.17, 15) is 13.2 Å². The minimum absolute atomic E-state index is 0.0471. The molecule has 2 aliphatic rings. The van der Waals surface area contributed by atoms with Gasteiger partial charge >= 0.3 is 5.56 Å². The fourth-order valence-electron chi connectivity index (χ4n) is 5.47. The molecule has 2 aromatic heterocycles. The van der Waals surface area contributed by atoms with Gasteiger partial charge in [0.05, 0.1) is 17.6 Å². The molecule has 0 bridgehead atoms. The molecule has 0 amide bonds. The van der Waals surface area contributed by atoms with Gasteiger partial charge in [-0.2, -0.15) is 14.1 Å². The Morgan fingerprint density at radius 1 is 0.976 bits per heavy atom. The van der Waals surface area contributed by atoms with Crippen molar-refractivity contribution in [2.45, 2.75) is 31.1 Å². The van der Waals surface area contributed by atoms with E-state index in [1.165, 1.54) is 8.99 Å². The van der Waals surface area contributed by atoms with Gasteiger partial charge in [-0.15, -0.1) is 0 Å². The van der Waals surface area contributed by atoms with Crippen molar-refractivity contribution in [3.05, 3.63) is 111 Å². The van der Waals surface area contributed by atoms with Gasteiger partial charge in [0.2, 0.25) is 15.8 Å². The summed E-state index contributed by atoms with van der Waals surface area (Å²) in [5.41, 5.74) is 3.38. The number of aryl methyl sites for hydroxylation is 1. The molecule has 1 fully saturated rings.